The van der Waals surface area contributed by atoms with Gasteiger partial charge in [-0.15, -0.1) is 0 Å². The van der Waals surface area contributed by atoms with Crippen molar-refractivity contribution in [1.29, 1.82) is 5.41 Å². The summed E-state index contributed by atoms with van der Waals surface area (Å²) >= 11 is 0. The van der Waals surface area contributed by atoms with Crippen molar-refractivity contribution in [3.63, 3.8) is 0 Å². The molecule has 0 spiro atoms. The highest BCUT2D eigenvalue weighted by molar-refractivity contribution is 6.13. The predicted octanol–water partition coefficient (Wildman–Crippen LogP) is 1.11. The lowest BCUT2D eigenvalue weighted by Crippen LogP contribution is -2.40. The predicted molar refractivity (Wildman–Crippen MR) is 136 cm³/mol. The summed E-state index contributed by atoms with van der Waals surface area (Å²) in [5, 5.41) is 18.9. The first kappa shape index (κ1) is 26.7. The van der Waals surface area contributed by atoms with Gasteiger partial charge in [0, 0.05) is 42.5 Å². The Balaban J connectivity index is 0.000000526. The van der Waals surface area contributed by atoms with Crippen molar-refractivity contribution in [2.24, 2.45) is 11.6 Å². The molecule has 0 unspecified atom stereocenters. The summed E-state index contributed by atoms with van der Waals surface area (Å²) in [6, 6.07) is 11.7. The molecular weight excluding hydrogens is 464 g/mol. The number of hydrogen-bond acceptors (Lipinski definition) is 10. The largest absolute Gasteiger partial charge is 0.466 e. The van der Waals surface area contributed by atoms with Crippen molar-refractivity contribution in [2.75, 3.05) is 43.7 Å². The molecule has 1 amide bonds. The van der Waals surface area contributed by atoms with E-state index in [0.717, 1.165) is 6.42 Å². The Morgan fingerprint density at radius 1 is 1.14 bits per heavy atom. The number of carbonyl (C=O) groups is 2. The zero-order valence-corrected chi connectivity index (χ0v) is 20.0. The van der Waals surface area contributed by atoms with Gasteiger partial charge in [-0.2, -0.15) is 0 Å². The molecule has 0 aliphatic carbocycles. The molecule has 2 fully saturated rings. The average molecular weight is 497 g/mol. The number of anilines is 2. The van der Waals surface area contributed by atoms with Crippen LogP contribution in [0.5, 0.6) is 0 Å². The second-order valence-corrected chi connectivity index (χ2v) is 8.22. The molecule has 2 aliphatic rings. The van der Waals surface area contributed by atoms with Gasteiger partial charge >= 0.3 is 5.97 Å². The molecule has 192 valence electrons. The summed E-state index contributed by atoms with van der Waals surface area (Å²) in [6.07, 6.45) is 2.95. The number of morpholine rings is 1. The van der Waals surface area contributed by atoms with Gasteiger partial charge in [0.2, 0.25) is 0 Å². The molecule has 11 nitrogen and oxygen atoms in total. The maximum atomic E-state index is 12.5. The van der Waals surface area contributed by atoms with Gasteiger partial charge in [-0.25, -0.2) is 5.84 Å². The highest BCUT2D eigenvalue weighted by Gasteiger charge is 2.18. The molecule has 2 aromatic carbocycles. The fourth-order valence-electron chi connectivity index (χ4n) is 3.56. The van der Waals surface area contributed by atoms with Crippen LogP contribution in [0.1, 0.15) is 34.3 Å². The first-order valence-electron chi connectivity index (χ1n) is 11.5. The van der Waals surface area contributed by atoms with Crippen LogP contribution in [0.4, 0.5) is 11.4 Å². The molecule has 4 rings (SSSR count). The molecule has 8 N–H and O–H groups in total. The number of nitrogens with one attached hydrogen (secondary N) is 1. The molecule has 0 aromatic heterocycles. The van der Waals surface area contributed by atoms with E-state index in [-0.39, 0.29) is 29.9 Å². The highest BCUT2D eigenvalue weighted by Crippen LogP contribution is 2.19. The number of aliphatic hydroxyl groups excluding tert-OH is 1. The van der Waals surface area contributed by atoms with E-state index in [2.05, 4.69) is 4.74 Å². The minimum atomic E-state index is -0.164. The average Bonchev–Trinajstić information content (AvgIpc) is 3.40. The van der Waals surface area contributed by atoms with Crippen LogP contribution in [0.15, 0.2) is 54.4 Å². The summed E-state index contributed by atoms with van der Waals surface area (Å²) in [7, 11) is 0. The quantitative estimate of drug-likeness (QED) is 0.129. The Bertz CT molecular complexity index is 1100. The van der Waals surface area contributed by atoms with Gasteiger partial charge in [0.1, 0.15) is 0 Å². The number of nitrogens with zero attached hydrogens (tertiary/aromatic N) is 2. The van der Waals surface area contributed by atoms with Crippen molar-refractivity contribution in [3.8, 4) is 0 Å². The summed E-state index contributed by atoms with van der Waals surface area (Å²) in [4.78, 5) is 24.3. The summed E-state index contributed by atoms with van der Waals surface area (Å²) in [5.41, 5.74) is 14.7. The Kier molecular flexibility index (Phi) is 9.39. The number of hydrogen-bond donors (Lipinski definition) is 5. The lowest BCUT2D eigenvalue weighted by molar-refractivity contribution is -0.137. The van der Waals surface area contributed by atoms with Crippen molar-refractivity contribution >= 4 is 29.0 Å². The van der Waals surface area contributed by atoms with Crippen LogP contribution in [0, 0.1) is 5.41 Å². The zero-order valence-electron chi connectivity index (χ0n) is 20.0. The van der Waals surface area contributed by atoms with Gasteiger partial charge < -0.3 is 30.9 Å². The van der Waals surface area contributed by atoms with Crippen molar-refractivity contribution in [2.45, 2.75) is 19.4 Å². The van der Waals surface area contributed by atoms with E-state index in [0.29, 0.717) is 67.4 Å². The number of rotatable bonds is 6. The van der Waals surface area contributed by atoms with Crippen LogP contribution in [0.3, 0.4) is 0 Å². The highest BCUT2D eigenvalue weighted by atomic mass is 16.5. The molecule has 0 saturated carbocycles. The molecule has 2 saturated heterocycles. The second-order valence-electron chi connectivity index (χ2n) is 8.22. The number of cyclic esters (lactones) is 1. The third-order valence-corrected chi connectivity index (χ3v) is 5.64. The minimum Gasteiger partial charge on any atom is -0.466 e. The lowest BCUT2D eigenvalue weighted by Gasteiger charge is -2.27. The molecular formula is C25H32N6O5. The minimum absolute atomic E-state index is 0.00244. The standard InChI is InChI=1S/C21H26N6O3.C4H6O2/c22-18-6-1-14(13-28)11-17(18)20(24)19(23)12-27(25)16-4-2-15(3-5-16)21(29)26-7-9-30-10-8-26;5-4-2-1-3-6-4/h1-6,11-12,24,28H,7-10,13,22-23,25H2;1-3H2/b19-12-,24-20?;. The van der Waals surface area contributed by atoms with Gasteiger partial charge in [0.25, 0.3) is 5.91 Å². The summed E-state index contributed by atoms with van der Waals surface area (Å²) < 4.78 is 9.79. The van der Waals surface area contributed by atoms with Crippen molar-refractivity contribution in [3.05, 3.63) is 71.1 Å². The SMILES string of the molecule is N=C(/C(N)=C/N(N)c1ccc(C(=O)N2CCOCC2)cc1)c1cc(CO)ccc1N.O=C1CCCO1. The number of hydrazine groups is 1. The fourth-order valence-corrected chi connectivity index (χ4v) is 3.56. The Hall–Kier alpha value is -3.93. The van der Waals surface area contributed by atoms with Crippen LogP contribution >= 0.6 is 0 Å². The van der Waals surface area contributed by atoms with Crippen LogP contribution in [0.2, 0.25) is 0 Å². The molecule has 2 heterocycles. The number of aliphatic hydroxyl groups is 1. The first-order chi connectivity index (χ1) is 17.3. The Labute approximate surface area is 209 Å². The van der Waals surface area contributed by atoms with Gasteiger partial charge in [-0.3, -0.25) is 20.0 Å². The van der Waals surface area contributed by atoms with E-state index in [1.807, 2.05) is 0 Å². The number of ether oxygens (including phenoxy) is 2. The van der Waals surface area contributed by atoms with Crippen molar-refractivity contribution in [1.82, 2.24) is 4.90 Å². The monoisotopic (exact) mass is 496 g/mol. The third-order valence-electron chi connectivity index (χ3n) is 5.64. The van der Waals surface area contributed by atoms with E-state index in [1.165, 1.54) is 11.2 Å². The van der Waals surface area contributed by atoms with Crippen LogP contribution in [0.25, 0.3) is 0 Å². The van der Waals surface area contributed by atoms with Gasteiger partial charge in [-0.05, 0) is 48.4 Å². The van der Waals surface area contributed by atoms with E-state index < -0.39 is 0 Å². The third kappa shape index (κ3) is 7.04. The van der Waals surface area contributed by atoms with E-state index in [1.54, 1.807) is 47.4 Å². The van der Waals surface area contributed by atoms with E-state index >= 15 is 0 Å². The molecule has 2 aliphatic heterocycles. The van der Waals surface area contributed by atoms with Gasteiger partial charge in [0.15, 0.2) is 0 Å². The number of allylic oxidation sites excluding steroid dienone is 1. The Morgan fingerprint density at radius 2 is 1.83 bits per heavy atom. The number of nitrogens with two attached hydrogens (primary N) is 3. The molecule has 11 heteroatoms. The number of nitrogen functional groups attached to an aromatic ring is 1. The number of amides is 1. The van der Waals surface area contributed by atoms with Gasteiger partial charge in [0.05, 0.1) is 43.5 Å². The van der Waals surface area contributed by atoms with Crippen LogP contribution in [-0.2, 0) is 20.9 Å². The maximum Gasteiger partial charge on any atom is 0.305 e. The molecule has 0 bridgehead atoms. The first-order valence-corrected chi connectivity index (χ1v) is 11.5. The number of esters is 1. The van der Waals surface area contributed by atoms with E-state index in [4.69, 9.17) is 27.5 Å². The molecule has 0 radical (unpaired) electrons. The number of benzene rings is 2. The Morgan fingerprint density at radius 3 is 2.39 bits per heavy atom. The molecule has 36 heavy (non-hydrogen) atoms. The molecule has 2 aromatic rings. The molecule has 0 atom stereocenters. The van der Waals surface area contributed by atoms with Gasteiger partial charge in [-0.1, -0.05) is 6.07 Å². The van der Waals surface area contributed by atoms with Crippen molar-refractivity contribution < 1.29 is 24.2 Å². The van der Waals surface area contributed by atoms with Crippen LogP contribution < -0.4 is 22.3 Å². The van der Waals surface area contributed by atoms with E-state index in [9.17, 15) is 14.7 Å². The fraction of sp³-hybridized carbons (Fsp3) is 0.320. The maximum absolute atomic E-state index is 12.5. The normalized spacial score (nSPS) is 15.6. The topological polar surface area (TPSA) is 181 Å². The van der Waals surface area contributed by atoms with Crippen LogP contribution in [-0.4, -0.2) is 60.5 Å². The second kappa shape index (κ2) is 12.7. The number of carbonyl (C=O) groups excluding carboxylic acids is 2. The summed E-state index contributed by atoms with van der Waals surface area (Å²) in [5.74, 6) is 5.97. The summed E-state index contributed by atoms with van der Waals surface area (Å²) in [6.45, 7) is 2.71. The lowest BCUT2D eigenvalue weighted by atomic mass is 10.0. The zero-order chi connectivity index (χ0) is 26.1. The smallest absolute Gasteiger partial charge is 0.305 e.